The molecule has 8 heteroatoms. The highest BCUT2D eigenvalue weighted by Crippen LogP contribution is 2.17. The number of fused-ring (bicyclic) bond motifs is 1. The third-order valence-electron chi connectivity index (χ3n) is 5.93. The molecule has 0 saturated carbocycles. The molecule has 0 spiro atoms. The van der Waals surface area contributed by atoms with Crippen LogP contribution in [0.15, 0.2) is 66.7 Å². The van der Waals surface area contributed by atoms with E-state index in [4.69, 9.17) is 0 Å². The Morgan fingerprint density at radius 2 is 1.65 bits per heavy atom. The highest BCUT2D eigenvalue weighted by atomic mass is 16.2. The number of hydrogen-bond donors (Lipinski definition) is 2. The predicted octanol–water partition coefficient (Wildman–Crippen LogP) is 2.92. The molecule has 2 aromatic carbocycles. The van der Waals surface area contributed by atoms with Gasteiger partial charge in [0.05, 0.1) is 6.04 Å². The van der Waals surface area contributed by atoms with E-state index in [9.17, 15) is 14.4 Å². The van der Waals surface area contributed by atoms with Crippen LogP contribution in [0.4, 0.5) is 0 Å². The normalized spacial score (nSPS) is 15.1. The summed E-state index contributed by atoms with van der Waals surface area (Å²) < 4.78 is 1.59. The van der Waals surface area contributed by atoms with Gasteiger partial charge >= 0.3 is 0 Å². The van der Waals surface area contributed by atoms with Gasteiger partial charge in [-0.15, -0.1) is 0 Å². The minimum atomic E-state index is -0.759. The summed E-state index contributed by atoms with van der Waals surface area (Å²) in [7, 11) is 0. The summed E-state index contributed by atoms with van der Waals surface area (Å²) in [5, 5.41) is 9.95. The van der Waals surface area contributed by atoms with Gasteiger partial charge in [-0.2, -0.15) is 5.10 Å². The smallest absolute Gasteiger partial charge is 0.272 e. The largest absolute Gasteiger partial charge is 0.348 e. The fourth-order valence-electron chi connectivity index (χ4n) is 4.00. The first-order valence-corrected chi connectivity index (χ1v) is 11.5. The lowest BCUT2D eigenvalue weighted by Crippen LogP contribution is -2.45. The fourth-order valence-corrected chi connectivity index (χ4v) is 4.00. The molecule has 1 aliphatic rings. The molecule has 1 aliphatic heterocycles. The number of carbonyl (C=O) groups excluding carboxylic acids is 3. The minimum absolute atomic E-state index is 0.126. The van der Waals surface area contributed by atoms with Gasteiger partial charge in [0.25, 0.3) is 11.8 Å². The van der Waals surface area contributed by atoms with Crippen molar-refractivity contribution >= 4 is 17.7 Å². The lowest BCUT2D eigenvalue weighted by Gasteiger charge is -2.20. The summed E-state index contributed by atoms with van der Waals surface area (Å²) in [6, 6.07) is 20.0. The van der Waals surface area contributed by atoms with Gasteiger partial charge in [-0.05, 0) is 31.4 Å². The highest BCUT2D eigenvalue weighted by molar-refractivity contribution is 5.99. The second-order valence-corrected chi connectivity index (χ2v) is 8.54. The van der Waals surface area contributed by atoms with Crippen molar-refractivity contribution in [3.05, 3.63) is 89.2 Å². The SMILES string of the molecule is C[C@H](NC(=O)c1cc2n(n1)CCCN(Cc1ccccc1)C2=O)C(=O)N[C@H](C)c1ccccc1. The summed E-state index contributed by atoms with van der Waals surface area (Å²) in [6.45, 7) is 5.18. The molecule has 2 N–H and O–H groups in total. The van der Waals surface area contributed by atoms with Crippen LogP contribution in [0.2, 0.25) is 0 Å². The molecule has 2 atom stereocenters. The quantitative estimate of drug-likeness (QED) is 0.568. The topological polar surface area (TPSA) is 96.3 Å². The van der Waals surface area contributed by atoms with Gasteiger partial charge < -0.3 is 15.5 Å². The van der Waals surface area contributed by atoms with Gasteiger partial charge in [-0.1, -0.05) is 60.7 Å². The number of carbonyl (C=O) groups is 3. The van der Waals surface area contributed by atoms with Crippen LogP contribution >= 0.6 is 0 Å². The molecule has 0 aliphatic carbocycles. The summed E-state index contributed by atoms with van der Waals surface area (Å²) in [4.78, 5) is 40.3. The van der Waals surface area contributed by atoms with Crippen LogP contribution in [-0.2, 0) is 17.9 Å². The number of aryl methyl sites for hydroxylation is 1. The average molecular weight is 460 g/mol. The first-order valence-electron chi connectivity index (χ1n) is 11.5. The zero-order valence-electron chi connectivity index (χ0n) is 19.4. The maximum absolute atomic E-state index is 13.1. The lowest BCUT2D eigenvalue weighted by atomic mass is 10.1. The zero-order chi connectivity index (χ0) is 24.1. The van der Waals surface area contributed by atoms with Gasteiger partial charge in [0.1, 0.15) is 11.7 Å². The van der Waals surface area contributed by atoms with Crippen LogP contribution in [0.25, 0.3) is 0 Å². The second-order valence-electron chi connectivity index (χ2n) is 8.54. The maximum atomic E-state index is 13.1. The number of rotatable bonds is 7. The van der Waals surface area contributed by atoms with Crippen LogP contribution < -0.4 is 10.6 Å². The fraction of sp³-hybridized carbons (Fsp3) is 0.308. The van der Waals surface area contributed by atoms with Crippen molar-refractivity contribution < 1.29 is 14.4 Å². The second kappa shape index (κ2) is 10.3. The minimum Gasteiger partial charge on any atom is -0.348 e. The van der Waals surface area contributed by atoms with Crippen molar-refractivity contribution in [2.45, 2.75) is 45.4 Å². The zero-order valence-corrected chi connectivity index (χ0v) is 19.4. The van der Waals surface area contributed by atoms with E-state index in [1.54, 1.807) is 16.5 Å². The summed E-state index contributed by atoms with van der Waals surface area (Å²) >= 11 is 0. The molecule has 0 saturated heterocycles. The molecule has 0 unspecified atom stereocenters. The van der Waals surface area contributed by atoms with Gasteiger partial charge in [0, 0.05) is 25.7 Å². The van der Waals surface area contributed by atoms with Gasteiger partial charge in [-0.3, -0.25) is 19.1 Å². The van der Waals surface area contributed by atoms with E-state index in [1.165, 1.54) is 6.07 Å². The summed E-state index contributed by atoms with van der Waals surface area (Å²) in [6.07, 6.45) is 0.741. The number of amides is 3. The van der Waals surface area contributed by atoms with Crippen molar-refractivity contribution in [3.63, 3.8) is 0 Å². The number of hydrogen-bond acceptors (Lipinski definition) is 4. The lowest BCUT2D eigenvalue weighted by molar-refractivity contribution is -0.123. The average Bonchev–Trinajstić information content (AvgIpc) is 3.22. The third kappa shape index (κ3) is 5.33. The van der Waals surface area contributed by atoms with Crippen LogP contribution in [0.1, 0.15) is 58.4 Å². The molecule has 0 fully saturated rings. The van der Waals surface area contributed by atoms with Crippen LogP contribution in [0.5, 0.6) is 0 Å². The molecular formula is C26H29N5O3. The van der Waals surface area contributed by atoms with E-state index in [-0.39, 0.29) is 23.6 Å². The van der Waals surface area contributed by atoms with Gasteiger partial charge in [-0.25, -0.2) is 0 Å². The van der Waals surface area contributed by atoms with Gasteiger partial charge in [0.2, 0.25) is 5.91 Å². The Hall–Kier alpha value is -3.94. The molecule has 3 amide bonds. The van der Waals surface area contributed by atoms with Crippen molar-refractivity contribution in [2.24, 2.45) is 0 Å². The molecule has 2 heterocycles. The Bertz CT molecular complexity index is 1160. The Morgan fingerprint density at radius 1 is 0.971 bits per heavy atom. The predicted molar refractivity (Wildman–Crippen MR) is 128 cm³/mol. The molecule has 3 aromatic rings. The van der Waals surface area contributed by atoms with E-state index in [1.807, 2.05) is 67.6 Å². The van der Waals surface area contributed by atoms with Crippen LogP contribution in [0, 0.1) is 0 Å². The molecule has 1 aromatic heterocycles. The van der Waals surface area contributed by atoms with Crippen molar-refractivity contribution in [2.75, 3.05) is 6.54 Å². The molecule has 0 bridgehead atoms. The molecular weight excluding hydrogens is 430 g/mol. The molecule has 176 valence electrons. The number of aromatic nitrogens is 2. The van der Waals surface area contributed by atoms with E-state index in [2.05, 4.69) is 15.7 Å². The Kier molecular flexibility index (Phi) is 7.06. The van der Waals surface area contributed by atoms with Crippen molar-refractivity contribution in [3.8, 4) is 0 Å². The van der Waals surface area contributed by atoms with Crippen LogP contribution in [-0.4, -0.2) is 45.0 Å². The van der Waals surface area contributed by atoms with E-state index in [0.717, 1.165) is 17.5 Å². The number of benzene rings is 2. The van der Waals surface area contributed by atoms with Crippen LogP contribution in [0.3, 0.4) is 0 Å². The Labute approximate surface area is 199 Å². The monoisotopic (exact) mass is 459 g/mol. The van der Waals surface area contributed by atoms with E-state index >= 15 is 0 Å². The maximum Gasteiger partial charge on any atom is 0.272 e. The molecule has 34 heavy (non-hydrogen) atoms. The van der Waals surface area contributed by atoms with E-state index in [0.29, 0.717) is 25.3 Å². The molecule has 8 nitrogen and oxygen atoms in total. The number of nitrogens with zero attached hydrogens (tertiary/aromatic N) is 3. The van der Waals surface area contributed by atoms with Crippen molar-refractivity contribution in [1.29, 1.82) is 0 Å². The third-order valence-corrected chi connectivity index (χ3v) is 5.93. The number of nitrogens with one attached hydrogen (secondary N) is 2. The first-order chi connectivity index (χ1) is 16.4. The molecule has 0 radical (unpaired) electrons. The summed E-state index contributed by atoms with van der Waals surface area (Å²) in [5.41, 5.74) is 2.53. The highest BCUT2D eigenvalue weighted by Gasteiger charge is 2.27. The Morgan fingerprint density at radius 3 is 2.35 bits per heavy atom. The van der Waals surface area contributed by atoms with E-state index < -0.39 is 11.9 Å². The standard InChI is InChI=1S/C26H29N5O3/c1-18(21-12-7-4-8-13-21)27-24(32)19(2)28-25(33)22-16-23-26(34)30(14-9-15-31(23)29-22)17-20-10-5-3-6-11-20/h3-8,10-13,16,18-19H,9,14-15,17H2,1-2H3,(H,27,32)(H,28,33)/t18-,19+/m1/s1. The van der Waals surface area contributed by atoms with Gasteiger partial charge in [0.15, 0.2) is 5.69 Å². The Balaban J connectivity index is 1.40. The summed E-state index contributed by atoms with van der Waals surface area (Å²) in [5.74, 6) is -0.941. The van der Waals surface area contributed by atoms with Crippen molar-refractivity contribution in [1.82, 2.24) is 25.3 Å². The molecule has 4 rings (SSSR count). The first kappa shape index (κ1) is 23.2.